The average molecular weight is 728 g/mol. The molecule has 11 heteroatoms. The minimum Gasteiger partial charge on any atom is -0.487 e. The summed E-state index contributed by atoms with van der Waals surface area (Å²) in [4.78, 5) is 18.4. The van der Waals surface area contributed by atoms with E-state index in [9.17, 15) is 13.2 Å². The number of ether oxygens (including phenoxy) is 3. The van der Waals surface area contributed by atoms with E-state index < -0.39 is 21.2 Å². The first-order chi connectivity index (χ1) is 24.1. The number of fused-ring (bicyclic) bond motifs is 3. The number of carbonyl (C=O) groups excluding carboxylic acids is 1. The molecule has 274 valence electrons. The van der Waals surface area contributed by atoms with E-state index in [0.29, 0.717) is 49.0 Å². The van der Waals surface area contributed by atoms with Gasteiger partial charge in [-0.1, -0.05) is 31.0 Å². The van der Waals surface area contributed by atoms with E-state index in [1.165, 1.54) is 18.4 Å². The van der Waals surface area contributed by atoms with Crippen LogP contribution in [0.15, 0.2) is 36.4 Å². The van der Waals surface area contributed by atoms with E-state index in [2.05, 4.69) is 21.6 Å². The Bertz CT molecular complexity index is 1630. The fourth-order valence-electron chi connectivity index (χ4n) is 8.57. The Balaban J connectivity index is 1.20. The highest BCUT2D eigenvalue weighted by Crippen LogP contribution is 2.46. The third-order valence-corrected chi connectivity index (χ3v) is 14.5. The maximum atomic E-state index is 13.5. The number of benzene rings is 2. The molecule has 1 saturated heterocycles. The predicted octanol–water partition coefficient (Wildman–Crippen LogP) is 6.81. The first kappa shape index (κ1) is 36.0. The zero-order valence-corrected chi connectivity index (χ0v) is 31.4. The van der Waals surface area contributed by atoms with Crippen LogP contribution in [0.1, 0.15) is 93.1 Å². The van der Waals surface area contributed by atoms with E-state index in [0.717, 1.165) is 80.7 Å². The highest BCUT2D eigenvalue weighted by atomic mass is 35.5. The van der Waals surface area contributed by atoms with Crippen LogP contribution in [0.25, 0.3) is 0 Å². The second-order valence-corrected chi connectivity index (χ2v) is 18.1. The van der Waals surface area contributed by atoms with Gasteiger partial charge in [0.25, 0.3) is 5.91 Å². The number of amides is 1. The zero-order valence-electron chi connectivity index (χ0n) is 29.8. The number of sulfonamides is 1. The van der Waals surface area contributed by atoms with Crippen LogP contribution in [-0.2, 0) is 32.5 Å². The summed E-state index contributed by atoms with van der Waals surface area (Å²) in [7, 11) is -1.71. The lowest BCUT2D eigenvalue weighted by molar-refractivity contribution is -0.242. The summed E-state index contributed by atoms with van der Waals surface area (Å²) in [6.07, 6.45) is 9.92. The molecule has 2 saturated carbocycles. The van der Waals surface area contributed by atoms with Gasteiger partial charge >= 0.3 is 0 Å². The molecule has 5 atom stereocenters. The smallest absolute Gasteiger partial charge is 0.264 e. The first-order valence-electron chi connectivity index (χ1n) is 18.9. The lowest BCUT2D eigenvalue weighted by Gasteiger charge is -2.48. The van der Waals surface area contributed by atoms with E-state index in [-0.39, 0.29) is 24.2 Å². The van der Waals surface area contributed by atoms with Crippen molar-refractivity contribution in [3.05, 3.63) is 58.1 Å². The van der Waals surface area contributed by atoms with Crippen LogP contribution in [-0.4, -0.2) is 76.2 Å². The molecule has 9 nitrogen and oxygen atoms in total. The van der Waals surface area contributed by atoms with Crippen LogP contribution < -0.4 is 14.4 Å². The second-order valence-electron chi connectivity index (χ2n) is 15.6. The SMILES string of the molecule is C[C@@H]1[C@@H](C)CCC[C@H](C2OCC(N(C)C3CC3)CO2)[C@@H]2CC[C@H]2CN2CCCCc3cc(Cl)ccc3COc3ccc(cc32)C(=O)NS1(=O)=O. The molecule has 1 amide bonds. The molecule has 50 heavy (non-hydrogen) atoms. The number of hydrogen-bond acceptors (Lipinski definition) is 8. The van der Waals surface area contributed by atoms with Crippen molar-refractivity contribution in [3.63, 3.8) is 0 Å². The fraction of sp³-hybridized carbons (Fsp3) is 0.667. The minimum atomic E-state index is -3.90. The Morgan fingerprint density at radius 1 is 0.880 bits per heavy atom. The van der Waals surface area contributed by atoms with Gasteiger partial charge in [0.2, 0.25) is 10.0 Å². The minimum absolute atomic E-state index is 0.120. The molecular formula is C39H54ClN3O6S. The molecule has 2 aliphatic carbocycles. The van der Waals surface area contributed by atoms with Crippen LogP contribution in [0.3, 0.4) is 0 Å². The Kier molecular flexibility index (Phi) is 11.0. The number of hydrogen-bond donors (Lipinski definition) is 1. The van der Waals surface area contributed by atoms with Crippen molar-refractivity contribution in [3.8, 4) is 5.75 Å². The Morgan fingerprint density at radius 3 is 2.42 bits per heavy atom. The zero-order chi connectivity index (χ0) is 35.0. The molecule has 3 aliphatic heterocycles. The maximum Gasteiger partial charge on any atom is 0.264 e. The molecule has 3 fully saturated rings. The number of nitrogens with zero attached hydrogens (tertiary/aromatic N) is 2. The van der Waals surface area contributed by atoms with E-state index in [4.69, 9.17) is 25.8 Å². The number of anilines is 1. The molecule has 2 aromatic rings. The van der Waals surface area contributed by atoms with E-state index in [1.807, 2.05) is 37.3 Å². The summed E-state index contributed by atoms with van der Waals surface area (Å²) in [6, 6.07) is 12.3. The van der Waals surface area contributed by atoms with Crippen molar-refractivity contribution < 1.29 is 27.4 Å². The van der Waals surface area contributed by atoms with Gasteiger partial charge in [0, 0.05) is 35.6 Å². The summed E-state index contributed by atoms with van der Waals surface area (Å²) in [5.74, 6) is 1.07. The molecule has 7 rings (SSSR count). The second kappa shape index (κ2) is 15.3. The summed E-state index contributed by atoms with van der Waals surface area (Å²) < 4.78 is 49.1. The van der Waals surface area contributed by atoms with Crippen LogP contribution in [0.5, 0.6) is 5.75 Å². The monoisotopic (exact) mass is 727 g/mol. The van der Waals surface area contributed by atoms with E-state index in [1.54, 1.807) is 13.0 Å². The lowest BCUT2D eigenvalue weighted by Crippen LogP contribution is -2.51. The summed E-state index contributed by atoms with van der Waals surface area (Å²) in [6.45, 7) is 7.06. The Hall–Kier alpha value is -2.37. The number of nitrogens with one attached hydrogen (secondary N) is 1. The molecule has 0 spiro atoms. The highest BCUT2D eigenvalue weighted by molar-refractivity contribution is 7.90. The quantitative estimate of drug-likeness (QED) is 0.369. The van der Waals surface area contributed by atoms with Crippen molar-refractivity contribution in [2.24, 2.45) is 23.7 Å². The van der Waals surface area contributed by atoms with Gasteiger partial charge in [0.15, 0.2) is 6.29 Å². The van der Waals surface area contributed by atoms with Crippen molar-refractivity contribution >= 4 is 33.2 Å². The molecule has 0 unspecified atom stereocenters. The van der Waals surface area contributed by atoms with Gasteiger partial charge in [-0.2, -0.15) is 0 Å². The molecule has 0 radical (unpaired) electrons. The fourth-order valence-corrected chi connectivity index (χ4v) is 10.1. The predicted molar refractivity (Wildman–Crippen MR) is 196 cm³/mol. The van der Waals surface area contributed by atoms with E-state index >= 15 is 0 Å². The summed E-state index contributed by atoms with van der Waals surface area (Å²) in [5.41, 5.74) is 3.44. The lowest BCUT2D eigenvalue weighted by atomic mass is 9.65. The summed E-state index contributed by atoms with van der Waals surface area (Å²) >= 11 is 6.39. The van der Waals surface area contributed by atoms with Gasteiger partial charge in [0.05, 0.1) is 30.2 Å². The largest absolute Gasteiger partial charge is 0.487 e. The van der Waals surface area contributed by atoms with Gasteiger partial charge < -0.3 is 19.1 Å². The number of rotatable bonds is 3. The van der Waals surface area contributed by atoms with Crippen LogP contribution in [0.4, 0.5) is 5.69 Å². The van der Waals surface area contributed by atoms with Crippen LogP contribution in [0.2, 0.25) is 5.02 Å². The number of aryl methyl sites for hydroxylation is 1. The van der Waals surface area contributed by atoms with Crippen LogP contribution >= 0.6 is 11.6 Å². The molecule has 0 aromatic heterocycles. The van der Waals surface area contributed by atoms with Crippen molar-refractivity contribution in [1.29, 1.82) is 0 Å². The van der Waals surface area contributed by atoms with Gasteiger partial charge in [-0.3, -0.25) is 9.69 Å². The maximum absolute atomic E-state index is 13.5. The number of likely N-dealkylation sites (N-methyl/N-ethyl adjacent to an activating group) is 1. The molecule has 3 heterocycles. The third kappa shape index (κ3) is 7.99. The number of carbonyl (C=O) groups is 1. The Morgan fingerprint density at radius 2 is 1.68 bits per heavy atom. The highest BCUT2D eigenvalue weighted by Gasteiger charge is 2.44. The third-order valence-electron chi connectivity index (χ3n) is 12.4. The average Bonchev–Trinajstić information content (AvgIpc) is 3.94. The molecular weight excluding hydrogens is 674 g/mol. The Labute approximate surface area is 303 Å². The van der Waals surface area contributed by atoms with Crippen LogP contribution in [0, 0.1) is 23.7 Å². The molecule has 5 aliphatic rings. The van der Waals surface area contributed by atoms with Crippen molar-refractivity contribution in [2.75, 3.05) is 38.3 Å². The number of halogens is 1. The standard InChI is InChI=1S/C39H54ClN3O6S/c1-25-7-6-9-35(39-48-23-33(24-49-39)42(3)32-14-15-32)34-16-11-29(34)21-43-18-5-4-8-27-19-31(40)13-10-30(27)22-47-37-17-12-28(20-36(37)43)38(44)41-50(45,46)26(25)2/h10,12-13,17,19-20,25-26,29,32-35,39H,4-9,11,14-16,18,21-24H2,1-3H3,(H,41,44)/t25-,26+,29-,33?,34+,35-,39?/m0/s1. The van der Waals surface area contributed by atoms with Gasteiger partial charge in [-0.15, -0.1) is 0 Å². The van der Waals surface area contributed by atoms with Gasteiger partial charge in [0.1, 0.15) is 12.4 Å². The molecule has 2 aromatic carbocycles. The normalized spacial score (nSPS) is 32.4. The molecule has 1 N–H and O–H groups in total. The van der Waals surface area contributed by atoms with Gasteiger partial charge in [-0.05, 0) is 131 Å². The summed E-state index contributed by atoms with van der Waals surface area (Å²) in [5, 5.41) is 0.00444. The van der Waals surface area contributed by atoms with Crippen molar-refractivity contribution in [2.45, 2.75) is 108 Å². The molecule has 2 bridgehead atoms. The first-order valence-corrected chi connectivity index (χ1v) is 20.8. The topological polar surface area (TPSA) is 97.4 Å². The van der Waals surface area contributed by atoms with Gasteiger partial charge in [-0.25, -0.2) is 13.1 Å². The van der Waals surface area contributed by atoms with Crippen molar-refractivity contribution in [1.82, 2.24) is 9.62 Å².